The van der Waals surface area contributed by atoms with E-state index in [1.54, 1.807) is 0 Å². The fourth-order valence-corrected chi connectivity index (χ4v) is 1.55. The molecular weight excluding hydrogens is 268 g/mol. The molecule has 104 valence electrons. The van der Waals surface area contributed by atoms with Gasteiger partial charge in [-0.3, -0.25) is 14.9 Å². The van der Waals surface area contributed by atoms with Gasteiger partial charge in [-0.15, -0.1) is 0 Å². The van der Waals surface area contributed by atoms with Crippen LogP contribution in [0.2, 0.25) is 0 Å². The van der Waals surface area contributed by atoms with Gasteiger partial charge in [0.05, 0.1) is 10.5 Å². The summed E-state index contributed by atoms with van der Waals surface area (Å²) in [6, 6.07) is 3.74. The van der Waals surface area contributed by atoms with E-state index in [0.29, 0.717) is 12.2 Å². The lowest BCUT2D eigenvalue weighted by Crippen LogP contribution is -2.26. The Balaban J connectivity index is 2.02. The monoisotopic (exact) mass is 278 g/mol. The van der Waals surface area contributed by atoms with Crippen LogP contribution in [-0.2, 0) is 6.42 Å². The highest BCUT2D eigenvalue weighted by Crippen LogP contribution is 2.28. The average Bonchev–Trinajstić information content (AvgIpc) is 2.91. The van der Waals surface area contributed by atoms with E-state index >= 15 is 0 Å². The number of hydrogen-bond acceptors (Lipinski definition) is 7. The normalized spacial score (nSPS) is 10.2. The van der Waals surface area contributed by atoms with Crippen molar-refractivity contribution in [3.8, 4) is 5.75 Å². The van der Waals surface area contributed by atoms with Crippen molar-refractivity contribution < 1.29 is 19.3 Å². The number of phenols is 1. The van der Waals surface area contributed by atoms with E-state index in [0.717, 1.165) is 6.07 Å². The van der Waals surface area contributed by atoms with Gasteiger partial charge in [-0.2, -0.15) is 4.98 Å². The van der Waals surface area contributed by atoms with Gasteiger partial charge in [0, 0.05) is 19.0 Å². The number of benzene rings is 1. The Bertz CT molecular complexity index is 626. The molecule has 20 heavy (non-hydrogen) atoms. The maximum atomic E-state index is 11.8. The number of nitrogens with zero attached hydrogens (tertiary/aromatic N) is 3. The summed E-state index contributed by atoms with van der Waals surface area (Å²) in [5.41, 5.74) is -0.678. The van der Waals surface area contributed by atoms with Crippen molar-refractivity contribution in [1.29, 1.82) is 0 Å². The van der Waals surface area contributed by atoms with Gasteiger partial charge in [-0.1, -0.05) is 11.2 Å². The minimum Gasteiger partial charge on any atom is -0.502 e. The second kappa shape index (κ2) is 5.78. The molecule has 0 bridgehead atoms. The third-order valence-electron chi connectivity index (χ3n) is 2.50. The predicted octanol–water partition coefficient (Wildman–Crippen LogP) is 0.656. The van der Waals surface area contributed by atoms with Crippen LogP contribution in [0, 0.1) is 10.1 Å². The number of carbonyl (C=O) groups is 1. The highest BCUT2D eigenvalue weighted by molar-refractivity contribution is 5.98. The van der Waals surface area contributed by atoms with Gasteiger partial charge in [0.1, 0.15) is 0 Å². The van der Waals surface area contributed by atoms with Crippen molar-refractivity contribution >= 4 is 11.6 Å². The van der Waals surface area contributed by atoms with Gasteiger partial charge in [-0.05, 0) is 6.07 Å². The van der Waals surface area contributed by atoms with Gasteiger partial charge in [0.25, 0.3) is 5.91 Å². The van der Waals surface area contributed by atoms with E-state index in [-0.39, 0.29) is 12.1 Å². The van der Waals surface area contributed by atoms with E-state index in [9.17, 15) is 20.0 Å². The Labute approximate surface area is 112 Å². The van der Waals surface area contributed by atoms with E-state index in [1.165, 1.54) is 18.5 Å². The first-order valence-corrected chi connectivity index (χ1v) is 5.59. The van der Waals surface area contributed by atoms with Crippen LogP contribution in [0.4, 0.5) is 5.69 Å². The summed E-state index contributed by atoms with van der Waals surface area (Å²) < 4.78 is 4.53. The van der Waals surface area contributed by atoms with Gasteiger partial charge in [0.15, 0.2) is 5.82 Å². The average molecular weight is 278 g/mol. The molecule has 0 saturated carbocycles. The van der Waals surface area contributed by atoms with E-state index in [1.807, 2.05) is 0 Å². The second-order valence-corrected chi connectivity index (χ2v) is 3.78. The van der Waals surface area contributed by atoms with E-state index in [4.69, 9.17) is 0 Å². The molecule has 1 aromatic heterocycles. The molecule has 2 N–H and O–H groups in total. The summed E-state index contributed by atoms with van der Waals surface area (Å²) >= 11 is 0. The summed E-state index contributed by atoms with van der Waals surface area (Å²) in [6.45, 7) is 0.209. The number of carbonyl (C=O) groups excluding carboxylic acids is 1. The SMILES string of the molecule is O=C(NCCc1ncon1)c1cccc([N+](=O)[O-])c1O. The molecule has 2 rings (SSSR count). The highest BCUT2D eigenvalue weighted by Gasteiger charge is 2.20. The molecular formula is C11H10N4O5. The van der Waals surface area contributed by atoms with Crippen LogP contribution in [-0.4, -0.2) is 32.6 Å². The molecule has 9 nitrogen and oxygen atoms in total. The highest BCUT2D eigenvalue weighted by atomic mass is 16.6. The third kappa shape index (κ3) is 2.88. The lowest BCUT2D eigenvalue weighted by Gasteiger charge is -2.05. The summed E-state index contributed by atoms with van der Waals surface area (Å²) in [5, 5.41) is 26.4. The smallest absolute Gasteiger partial charge is 0.311 e. The molecule has 0 aliphatic carbocycles. The number of nitro benzene ring substituents is 1. The van der Waals surface area contributed by atoms with Gasteiger partial charge < -0.3 is 14.9 Å². The zero-order chi connectivity index (χ0) is 14.5. The summed E-state index contributed by atoms with van der Waals surface area (Å²) in [5.74, 6) is -0.849. The van der Waals surface area contributed by atoms with Gasteiger partial charge >= 0.3 is 5.69 Å². The van der Waals surface area contributed by atoms with Crippen molar-refractivity contribution in [1.82, 2.24) is 15.5 Å². The number of nitro groups is 1. The van der Waals surface area contributed by atoms with Crippen LogP contribution in [0.25, 0.3) is 0 Å². The van der Waals surface area contributed by atoms with Crippen LogP contribution < -0.4 is 5.32 Å². The molecule has 0 aliphatic heterocycles. The number of rotatable bonds is 5. The number of hydrogen-bond donors (Lipinski definition) is 2. The molecule has 0 atom stereocenters. The largest absolute Gasteiger partial charge is 0.502 e. The molecule has 0 spiro atoms. The van der Waals surface area contributed by atoms with Crippen molar-refractivity contribution in [3.05, 3.63) is 46.1 Å². The van der Waals surface area contributed by atoms with Crippen LogP contribution in [0.5, 0.6) is 5.75 Å². The number of aromatic hydroxyl groups is 1. The lowest BCUT2D eigenvalue weighted by molar-refractivity contribution is -0.385. The first-order chi connectivity index (χ1) is 9.59. The zero-order valence-corrected chi connectivity index (χ0v) is 10.1. The molecule has 2 aromatic rings. The predicted molar refractivity (Wildman–Crippen MR) is 65.1 cm³/mol. The second-order valence-electron chi connectivity index (χ2n) is 3.78. The number of aromatic nitrogens is 2. The number of para-hydroxylation sites is 1. The van der Waals surface area contributed by atoms with Crippen LogP contribution in [0.3, 0.4) is 0 Å². The van der Waals surface area contributed by atoms with Crippen LogP contribution in [0.15, 0.2) is 29.1 Å². The minimum absolute atomic E-state index is 0.160. The molecule has 0 aliphatic rings. The van der Waals surface area contributed by atoms with Crippen molar-refractivity contribution in [2.75, 3.05) is 6.54 Å². The summed E-state index contributed by atoms with van der Waals surface area (Å²) in [7, 11) is 0. The Hall–Kier alpha value is -2.97. The van der Waals surface area contributed by atoms with Crippen LogP contribution >= 0.6 is 0 Å². The molecule has 0 fully saturated rings. The minimum atomic E-state index is -0.759. The van der Waals surface area contributed by atoms with Gasteiger partial charge in [0.2, 0.25) is 12.1 Å². The number of nitrogens with one attached hydrogen (secondary N) is 1. The Kier molecular flexibility index (Phi) is 3.89. The molecule has 0 unspecified atom stereocenters. The zero-order valence-electron chi connectivity index (χ0n) is 10.1. The van der Waals surface area contributed by atoms with Crippen LogP contribution in [0.1, 0.15) is 16.2 Å². The molecule has 1 heterocycles. The fourth-order valence-electron chi connectivity index (χ4n) is 1.55. The Morgan fingerprint density at radius 3 is 2.95 bits per heavy atom. The van der Waals surface area contributed by atoms with Crippen molar-refractivity contribution in [2.45, 2.75) is 6.42 Å². The molecule has 0 saturated heterocycles. The molecule has 1 aromatic carbocycles. The van der Waals surface area contributed by atoms with E-state index < -0.39 is 22.3 Å². The van der Waals surface area contributed by atoms with Crippen molar-refractivity contribution in [3.63, 3.8) is 0 Å². The topological polar surface area (TPSA) is 131 Å². The van der Waals surface area contributed by atoms with Crippen molar-refractivity contribution in [2.24, 2.45) is 0 Å². The third-order valence-corrected chi connectivity index (χ3v) is 2.50. The molecule has 0 radical (unpaired) electrons. The molecule has 9 heteroatoms. The summed E-state index contributed by atoms with van der Waals surface area (Å²) in [6.07, 6.45) is 1.52. The van der Waals surface area contributed by atoms with E-state index in [2.05, 4.69) is 20.0 Å². The first-order valence-electron chi connectivity index (χ1n) is 5.59. The maximum absolute atomic E-state index is 11.8. The first kappa shape index (κ1) is 13.5. The lowest BCUT2D eigenvalue weighted by atomic mass is 10.1. The Morgan fingerprint density at radius 1 is 1.50 bits per heavy atom. The fraction of sp³-hybridized carbons (Fsp3) is 0.182. The van der Waals surface area contributed by atoms with Gasteiger partial charge in [-0.25, -0.2) is 0 Å². The number of amides is 1. The quantitative estimate of drug-likeness (QED) is 0.606. The molecule has 1 amide bonds. The maximum Gasteiger partial charge on any atom is 0.311 e. The standard InChI is InChI=1S/C11H10N4O5/c16-10-7(2-1-3-8(10)15(18)19)11(17)12-5-4-9-13-6-20-14-9/h1-3,6,16H,4-5H2,(H,12,17). The number of phenolic OH excluding ortho intramolecular Hbond substituents is 1. The summed E-state index contributed by atoms with van der Waals surface area (Å²) in [4.78, 5) is 25.5. The Morgan fingerprint density at radius 2 is 2.30 bits per heavy atom.